The van der Waals surface area contributed by atoms with Crippen molar-refractivity contribution in [2.45, 2.75) is 12.4 Å². The summed E-state index contributed by atoms with van der Waals surface area (Å²) in [4.78, 5) is 15.4. The minimum absolute atomic E-state index is 0.398. The van der Waals surface area contributed by atoms with E-state index in [1.54, 1.807) is 0 Å². The number of carboxylic acids is 1. The van der Waals surface area contributed by atoms with Crippen LogP contribution < -0.4 is 0 Å². The Kier molecular flexibility index (Phi) is 5.08. The maximum atomic E-state index is 13.3. The first-order chi connectivity index (χ1) is 13.5. The molecule has 1 heterocycles. The summed E-state index contributed by atoms with van der Waals surface area (Å²) in [5, 5.41) is 9.31. The van der Waals surface area contributed by atoms with Crippen LogP contribution in [0.25, 0.3) is 22.5 Å². The van der Waals surface area contributed by atoms with Gasteiger partial charge in [0.2, 0.25) is 0 Å². The van der Waals surface area contributed by atoms with Crippen molar-refractivity contribution < 1.29 is 36.2 Å². The Labute approximate surface area is 160 Å². The van der Waals surface area contributed by atoms with Gasteiger partial charge in [-0.1, -0.05) is 36.4 Å². The first-order valence-corrected chi connectivity index (χ1v) is 8.07. The standard InChI is InChI=1S/C20H11F6NO2/c21-19(22,23)14-7-3-1-5-12(14)16-9-11(18(28)29)10-17(27-16)13-6-2-4-8-15(13)20(24,25)26/h1-10H,(H,28,29). The molecule has 3 rings (SSSR count). The zero-order valence-electron chi connectivity index (χ0n) is 14.3. The van der Waals surface area contributed by atoms with Crippen molar-refractivity contribution in [1.29, 1.82) is 0 Å². The zero-order valence-corrected chi connectivity index (χ0v) is 14.3. The lowest BCUT2D eigenvalue weighted by Crippen LogP contribution is -2.10. The molecule has 0 aliphatic heterocycles. The zero-order chi connectivity index (χ0) is 21.4. The molecule has 0 saturated heterocycles. The number of benzene rings is 2. The summed E-state index contributed by atoms with van der Waals surface area (Å²) in [5.41, 5.74) is -4.31. The summed E-state index contributed by atoms with van der Waals surface area (Å²) in [6.07, 6.45) is -9.52. The van der Waals surface area contributed by atoms with Crippen LogP contribution in [0, 0.1) is 0 Å². The number of aromatic carboxylic acids is 1. The van der Waals surface area contributed by atoms with E-state index in [1.165, 1.54) is 12.1 Å². The van der Waals surface area contributed by atoms with Crippen LogP contribution in [0.15, 0.2) is 60.7 Å². The Balaban J connectivity index is 2.31. The highest BCUT2D eigenvalue weighted by molar-refractivity contribution is 5.91. The molecule has 0 unspecified atom stereocenters. The Morgan fingerprint density at radius 1 is 0.724 bits per heavy atom. The predicted molar refractivity (Wildman–Crippen MR) is 92.1 cm³/mol. The van der Waals surface area contributed by atoms with Gasteiger partial charge in [0.1, 0.15) is 0 Å². The Hall–Kier alpha value is -3.36. The van der Waals surface area contributed by atoms with Crippen molar-refractivity contribution >= 4 is 5.97 Å². The molecule has 0 spiro atoms. The third-order valence-corrected chi connectivity index (χ3v) is 4.09. The molecule has 9 heteroatoms. The van der Waals surface area contributed by atoms with Crippen molar-refractivity contribution in [3.63, 3.8) is 0 Å². The number of rotatable bonds is 3. The predicted octanol–water partition coefficient (Wildman–Crippen LogP) is 6.15. The van der Waals surface area contributed by atoms with Crippen LogP contribution in [0.1, 0.15) is 21.5 Å². The molecule has 0 aliphatic carbocycles. The number of aromatic nitrogens is 1. The summed E-state index contributed by atoms with van der Waals surface area (Å²) in [7, 11) is 0. The van der Waals surface area contributed by atoms with Gasteiger partial charge in [-0.15, -0.1) is 0 Å². The van der Waals surface area contributed by atoms with Crippen LogP contribution in [0.2, 0.25) is 0 Å². The SMILES string of the molecule is O=C(O)c1cc(-c2ccccc2C(F)(F)F)nc(-c2ccccc2C(F)(F)F)c1. The highest BCUT2D eigenvalue weighted by Gasteiger charge is 2.35. The van der Waals surface area contributed by atoms with Crippen LogP contribution in [-0.2, 0) is 12.4 Å². The molecule has 0 radical (unpaired) electrons. The average Bonchev–Trinajstić information content (AvgIpc) is 2.66. The summed E-state index contributed by atoms with van der Waals surface area (Å²) in [6, 6.07) is 10.4. The molecule has 0 fully saturated rings. The monoisotopic (exact) mass is 411 g/mol. The van der Waals surface area contributed by atoms with Gasteiger partial charge in [0.15, 0.2) is 0 Å². The Bertz CT molecular complexity index is 997. The molecule has 0 aliphatic rings. The highest BCUT2D eigenvalue weighted by Crippen LogP contribution is 2.39. The molecule has 0 saturated carbocycles. The van der Waals surface area contributed by atoms with Crippen LogP contribution in [0.5, 0.6) is 0 Å². The molecule has 1 aromatic heterocycles. The molecule has 0 atom stereocenters. The maximum Gasteiger partial charge on any atom is 0.417 e. The van der Waals surface area contributed by atoms with Gasteiger partial charge >= 0.3 is 18.3 Å². The highest BCUT2D eigenvalue weighted by atomic mass is 19.4. The van der Waals surface area contributed by atoms with E-state index < -0.39 is 57.5 Å². The van der Waals surface area contributed by atoms with Crippen LogP contribution >= 0.6 is 0 Å². The third kappa shape index (κ3) is 4.23. The topological polar surface area (TPSA) is 50.2 Å². The van der Waals surface area contributed by atoms with Gasteiger partial charge in [-0.3, -0.25) is 0 Å². The minimum Gasteiger partial charge on any atom is -0.478 e. The van der Waals surface area contributed by atoms with Gasteiger partial charge in [-0.05, 0) is 24.3 Å². The molecular weight excluding hydrogens is 400 g/mol. The summed E-state index contributed by atoms with van der Waals surface area (Å²) < 4.78 is 80.1. The fourth-order valence-corrected chi connectivity index (χ4v) is 2.84. The van der Waals surface area contributed by atoms with Gasteiger partial charge in [0, 0.05) is 11.1 Å². The number of nitrogens with zero attached hydrogens (tertiary/aromatic N) is 1. The molecule has 0 amide bonds. The molecule has 1 N–H and O–H groups in total. The molecule has 150 valence electrons. The molecule has 2 aromatic carbocycles. The lowest BCUT2D eigenvalue weighted by Gasteiger charge is -2.16. The molecule has 3 aromatic rings. The van der Waals surface area contributed by atoms with Gasteiger partial charge in [-0.25, -0.2) is 9.78 Å². The van der Waals surface area contributed by atoms with Crippen LogP contribution in [0.3, 0.4) is 0 Å². The quantitative estimate of drug-likeness (QED) is 0.526. The van der Waals surface area contributed by atoms with E-state index in [1.807, 2.05) is 0 Å². The number of halogens is 6. The normalized spacial score (nSPS) is 12.1. The number of carbonyl (C=O) groups is 1. The van der Waals surface area contributed by atoms with E-state index in [0.717, 1.165) is 48.5 Å². The maximum absolute atomic E-state index is 13.3. The van der Waals surface area contributed by atoms with E-state index in [9.17, 15) is 36.2 Å². The molecule has 0 bridgehead atoms. The second-order valence-corrected chi connectivity index (χ2v) is 6.02. The fourth-order valence-electron chi connectivity index (χ4n) is 2.84. The summed E-state index contributed by atoms with van der Waals surface area (Å²) >= 11 is 0. The van der Waals surface area contributed by atoms with Crippen LogP contribution in [0.4, 0.5) is 26.3 Å². The summed E-state index contributed by atoms with van der Waals surface area (Å²) in [5.74, 6) is -1.51. The first-order valence-electron chi connectivity index (χ1n) is 8.07. The van der Waals surface area contributed by atoms with Crippen molar-refractivity contribution in [3.8, 4) is 22.5 Å². The van der Waals surface area contributed by atoms with Crippen molar-refractivity contribution in [2.24, 2.45) is 0 Å². The van der Waals surface area contributed by atoms with Gasteiger partial charge in [-0.2, -0.15) is 26.3 Å². The second kappa shape index (κ2) is 7.23. The lowest BCUT2D eigenvalue weighted by atomic mass is 9.98. The Morgan fingerprint density at radius 3 is 1.45 bits per heavy atom. The van der Waals surface area contributed by atoms with Gasteiger partial charge in [0.05, 0.1) is 28.1 Å². The average molecular weight is 411 g/mol. The number of hydrogen-bond acceptors (Lipinski definition) is 2. The lowest BCUT2D eigenvalue weighted by molar-refractivity contribution is -0.137. The first kappa shape index (κ1) is 20.4. The smallest absolute Gasteiger partial charge is 0.417 e. The van der Waals surface area contributed by atoms with Gasteiger partial charge < -0.3 is 5.11 Å². The summed E-state index contributed by atoms with van der Waals surface area (Å²) in [6.45, 7) is 0. The van der Waals surface area contributed by atoms with E-state index in [-0.39, 0.29) is 0 Å². The van der Waals surface area contributed by atoms with E-state index in [0.29, 0.717) is 0 Å². The number of pyridine rings is 1. The van der Waals surface area contributed by atoms with E-state index >= 15 is 0 Å². The van der Waals surface area contributed by atoms with E-state index in [4.69, 9.17) is 0 Å². The Morgan fingerprint density at radius 2 is 1.10 bits per heavy atom. The van der Waals surface area contributed by atoms with Crippen molar-refractivity contribution in [3.05, 3.63) is 77.4 Å². The van der Waals surface area contributed by atoms with E-state index in [2.05, 4.69) is 4.98 Å². The minimum atomic E-state index is -4.76. The number of carboxylic acid groups (broad SMARTS) is 1. The molecular formula is C20H11F6NO2. The van der Waals surface area contributed by atoms with Crippen molar-refractivity contribution in [2.75, 3.05) is 0 Å². The molecule has 3 nitrogen and oxygen atoms in total. The number of hydrogen-bond donors (Lipinski definition) is 1. The fraction of sp³-hybridized carbons (Fsp3) is 0.100. The van der Waals surface area contributed by atoms with Crippen LogP contribution in [-0.4, -0.2) is 16.1 Å². The largest absolute Gasteiger partial charge is 0.478 e. The second-order valence-electron chi connectivity index (χ2n) is 6.02. The van der Waals surface area contributed by atoms with Gasteiger partial charge in [0.25, 0.3) is 0 Å². The third-order valence-electron chi connectivity index (χ3n) is 4.09. The van der Waals surface area contributed by atoms with Crippen molar-refractivity contribution in [1.82, 2.24) is 4.98 Å². The number of alkyl halides is 6. The molecule has 29 heavy (non-hydrogen) atoms.